The maximum absolute atomic E-state index is 12.2. The summed E-state index contributed by atoms with van der Waals surface area (Å²) in [7, 11) is 0. The highest BCUT2D eigenvalue weighted by Crippen LogP contribution is 2.36. The Morgan fingerprint density at radius 1 is 1.12 bits per heavy atom. The van der Waals surface area contributed by atoms with Crippen molar-refractivity contribution in [1.29, 1.82) is 0 Å². The molecule has 2 N–H and O–H groups in total. The number of carbonyl (C=O) groups is 1. The molecule has 0 radical (unpaired) electrons. The quantitative estimate of drug-likeness (QED) is 0.751. The van der Waals surface area contributed by atoms with E-state index in [2.05, 4.69) is 34.6 Å². The van der Waals surface area contributed by atoms with E-state index in [1.807, 2.05) is 12.1 Å². The van der Waals surface area contributed by atoms with Crippen LogP contribution >= 0.6 is 0 Å². The Labute approximate surface area is 145 Å². The first kappa shape index (κ1) is 15.7. The minimum atomic E-state index is -0.471. The van der Waals surface area contributed by atoms with Gasteiger partial charge in [0.05, 0.1) is 11.9 Å². The van der Waals surface area contributed by atoms with Gasteiger partial charge in [0.1, 0.15) is 0 Å². The molecule has 0 atom stereocenters. The summed E-state index contributed by atoms with van der Waals surface area (Å²) in [4.78, 5) is 25.9. The van der Waals surface area contributed by atoms with Crippen molar-refractivity contribution in [2.45, 2.75) is 38.1 Å². The van der Waals surface area contributed by atoms with Crippen LogP contribution in [0.1, 0.15) is 41.9 Å². The zero-order chi connectivity index (χ0) is 17.2. The number of aromatic nitrogens is 1. The van der Waals surface area contributed by atoms with Crippen molar-refractivity contribution in [3.8, 4) is 0 Å². The molecule has 5 nitrogen and oxygen atoms in total. The van der Waals surface area contributed by atoms with Crippen LogP contribution in [0.3, 0.4) is 0 Å². The van der Waals surface area contributed by atoms with Crippen LogP contribution in [0.25, 0.3) is 11.1 Å². The van der Waals surface area contributed by atoms with E-state index in [0.717, 1.165) is 11.1 Å². The summed E-state index contributed by atoms with van der Waals surface area (Å²) in [6.07, 6.45) is 4.27. The van der Waals surface area contributed by atoms with Gasteiger partial charge in [0.2, 0.25) is 5.91 Å². The Hall–Kier alpha value is -2.82. The highest BCUT2D eigenvalue weighted by molar-refractivity contribution is 5.79. The third-order valence-corrected chi connectivity index (χ3v) is 4.89. The monoisotopic (exact) mass is 336 g/mol. The van der Waals surface area contributed by atoms with E-state index in [1.54, 1.807) is 6.07 Å². The first-order chi connectivity index (χ1) is 12.2. The number of fused-ring (bicyclic) bond motifs is 1. The van der Waals surface area contributed by atoms with Gasteiger partial charge in [-0.05, 0) is 47.6 Å². The normalized spacial score (nSPS) is 14.4. The molecule has 1 aromatic heterocycles. The summed E-state index contributed by atoms with van der Waals surface area (Å²) >= 11 is 0. The van der Waals surface area contributed by atoms with Crippen LogP contribution in [0, 0.1) is 0 Å². The minimum absolute atomic E-state index is 0.0165. The molecule has 0 spiro atoms. The third-order valence-electron chi connectivity index (χ3n) is 4.89. The smallest absolute Gasteiger partial charge is 0.408 e. The number of benzene rings is 2. The molecule has 0 unspecified atom stereocenters. The summed E-state index contributed by atoms with van der Waals surface area (Å²) < 4.78 is 4.97. The molecule has 0 aliphatic heterocycles. The van der Waals surface area contributed by atoms with Crippen molar-refractivity contribution in [2.75, 3.05) is 0 Å². The van der Waals surface area contributed by atoms with Crippen LogP contribution in [-0.2, 0) is 17.8 Å². The molecule has 3 aromatic rings. The van der Waals surface area contributed by atoms with Crippen LogP contribution in [-0.4, -0.2) is 10.9 Å². The molecule has 5 heteroatoms. The van der Waals surface area contributed by atoms with Crippen LogP contribution < -0.4 is 11.1 Å². The maximum Gasteiger partial charge on any atom is 0.417 e. The van der Waals surface area contributed by atoms with Crippen molar-refractivity contribution >= 4 is 17.0 Å². The first-order valence-electron chi connectivity index (χ1n) is 8.65. The van der Waals surface area contributed by atoms with Crippen LogP contribution in [0.15, 0.2) is 51.7 Å². The second-order valence-corrected chi connectivity index (χ2v) is 6.67. The molecule has 2 aromatic carbocycles. The molecule has 1 saturated carbocycles. The molecule has 0 bridgehead atoms. The summed E-state index contributed by atoms with van der Waals surface area (Å²) in [5.41, 5.74) is 4.49. The van der Waals surface area contributed by atoms with Gasteiger partial charge in [-0.15, -0.1) is 0 Å². The lowest BCUT2D eigenvalue weighted by Gasteiger charge is -2.25. The Balaban J connectivity index is 1.34. The molecule has 1 aliphatic rings. The third kappa shape index (κ3) is 3.50. The number of carbonyl (C=O) groups excluding carboxylic acids is 1. The second kappa shape index (κ2) is 6.59. The van der Waals surface area contributed by atoms with E-state index in [-0.39, 0.29) is 5.91 Å². The summed E-state index contributed by atoms with van der Waals surface area (Å²) in [5.74, 6) is 0.228. The zero-order valence-corrected chi connectivity index (χ0v) is 13.9. The van der Waals surface area contributed by atoms with Gasteiger partial charge in [0.15, 0.2) is 5.58 Å². The van der Waals surface area contributed by atoms with E-state index < -0.39 is 5.76 Å². The molecular weight excluding hydrogens is 316 g/mol. The zero-order valence-electron chi connectivity index (χ0n) is 13.9. The Bertz CT molecular complexity index is 949. The molecule has 1 heterocycles. The van der Waals surface area contributed by atoms with Crippen molar-refractivity contribution in [2.24, 2.45) is 0 Å². The maximum atomic E-state index is 12.2. The summed E-state index contributed by atoms with van der Waals surface area (Å²) in [5, 5.41) is 2.92. The number of nitrogens with one attached hydrogen (secondary N) is 2. The Kier molecular flexibility index (Phi) is 4.14. The average Bonchev–Trinajstić information content (AvgIpc) is 2.92. The molecule has 1 aliphatic carbocycles. The number of rotatable bonds is 5. The summed E-state index contributed by atoms with van der Waals surface area (Å²) in [6, 6.07) is 13.8. The number of amides is 1. The second-order valence-electron chi connectivity index (χ2n) is 6.67. The Morgan fingerprint density at radius 2 is 1.88 bits per heavy atom. The molecule has 128 valence electrons. The number of hydrogen-bond donors (Lipinski definition) is 2. The standard InChI is InChI=1S/C20H20N2O3/c23-19(11-13-4-7-16(8-5-13)15-2-1-3-15)21-12-14-6-9-18-17(10-14)22-20(24)25-18/h4-10,15H,1-3,11-12H2,(H,21,23)(H,22,24). The summed E-state index contributed by atoms with van der Waals surface area (Å²) in [6.45, 7) is 0.419. The fourth-order valence-corrected chi connectivity index (χ4v) is 3.21. The Morgan fingerprint density at radius 3 is 2.60 bits per heavy atom. The largest absolute Gasteiger partial charge is 0.417 e. The topological polar surface area (TPSA) is 75.1 Å². The molecule has 4 rings (SSSR count). The van der Waals surface area contributed by atoms with Crippen molar-refractivity contribution in [1.82, 2.24) is 10.3 Å². The van der Waals surface area contributed by atoms with E-state index in [0.29, 0.717) is 30.0 Å². The van der Waals surface area contributed by atoms with Gasteiger partial charge in [-0.25, -0.2) is 4.79 Å². The molecule has 25 heavy (non-hydrogen) atoms. The molecule has 1 fully saturated rings. The predicted octanol–water partition coefficient (Wildman–Crippen LogP) is 3.25. The van der Waals surface area contributed by atoms with E-state index in [9.17, 15) is 9.59 Å². The fourth-order valence-electron chi connectivity index (χ4n) is 3.21. The highest BCUT2D eigenvalue weighted by Gasteiger charge is 2.19. The molecule has 0 saturated heterocycles. The van der Waals surface area contributed by atoms with Crippen LogP contribution in [0.4, 0.5) is 0 Å². The molecular formula is C20H20N2O3. The van der Waals surface area contributed by atoms with Crippen molar-refractivity contribution < 1.29 is 9.21 Å². The van der Waals surface area contributed by atoms with Gasteiger partial charge >= 0.3 is 5.76 Å². The van der Waals surface area contributed by atoms with Gasteiger partial charge < -0.3 is 9.73 Å². The molecule has 1 amide bonds. The fraction of sp³-hybridized carbons (Fsp3) is 0.300. The van der Waals surface area contributed by atoms with E-state index in [1.165, 1.54) is 24.8 Å². The predicted molar refractivity (Wildman–Crippen MR) is 95.4 cm³/mol. The SMILES string of the molecule is O=C(Cc1ccc(C2CCC2)cc1)NCc1ccc2oc(=O)[nH]c2c1. The van der Waals surface area contributed by atoms with Crippen molar-refractivity contribution in [3.63, 3.8) is 0 Å². The van der Waals surface area contributed by atoms with Gasteiger partial charge in [-0.2, -0.15) is 0 Å². The highest BCUT2D eigenvalue weighted by atomic mass is 16.4. The lowest BCUT2D eigenvalue weighted by atomic mass is 9.80. The number of H-pyrrole nitrogens is 1. The average molecular weight is 336 g/mol. The van der Waals surface area contributed by atoms with E-state index in [4.69, 9.17) is 4.42 Å². The number of aromatic amines is 1. The number of hydrogen-bond acceptors (Lipinski definition) is 3. The van der Waals surface area contributed by atoms with Crippen LogP contribution in [0.5, 0.6) is 0 Å². The van der Waals surface area contributed by atoms with Crippen LogP contribution in [0.2, 0.25) is 0 Å². The van der Waals surface area contributed by atoms with Crippen molar-refractivity contribution in [3.05, 3.63) is 69.7 Å². The van der Waals surface area contributed by atoms with E-state index >= 15 is 0 Å². The lowest BCUT2D eigenvalue weighted by Crippen LogP contribution is -2.24. The first-order valence-corrected chi connectivity index (χ1v) is 8.65. The minimum Gasteiger partial charge on any atom is -0.408 e. The number of oxazole rings is 1. The lowest BCUT2D eigenvalue weighted by molar-refractivity contribution is -0.120. The van der Waals surface area contributed by atoms with Gasteiger partial charge in [-0.1, -0.05) is 36.8 Å². The van der Waals surface area contributed by atoms with Gasteiger partial charge in [-0.3, -0.25) is 9.78 Å². The van der Waals surface area contributed by atoms with Gasteiger partial charge in [0, 0.05) is 6.54 Å². The van der Waals surface area contributed by atoms with Gasteiger partial charge in [0.25, 0.3) is 0 Å².